The normalized spacial score (nSPS) is 11.3. The van der Waals surface area contributed by atoms with E-state index in [0.29, 0.717) is 31.5 Å². The van der Waals surface area contributed by atoms with Gasteiger partial charge >= 0.3 is 0 Å². The third-order valence-corrected chi connectivity index (χ3v) is 3.99. The largest absolute Gasteiger partial charge is 0.491 e. The average molecular weight is 391 g/mol. The van der Waals surface area contributed by atoms with E-state index in [4.69, 9.17) is 21.1 Å². The van der Waals surface area contributed by atoms with Crippen molar-refractivity contribution < 1.29 is 9.47 Å². The van der Waals surface area contributed by atoms with E-state index in [1.807, 2.05) is 26.0 Å². The van der Waals surface area contributed by atoms with Gasteiger partial charge in [-0.05, 0) is 37.1 Å². The van der Waals surface area contributed by atoms with Gasteiger partial charge in [0.05, 0.1) is 13.2 Å². The number of nitrogens with one attached hydrogen (secondary N) is 2. The lowest BCUT2D eigenvalue weighted by atomic mass is 10.1. The molecule has 0 aliphatic heterocycles. The Morgan fingerprint density at radius 2 is 2.04 bits per heavy atom. The van der Waals surface area contributed by atoms with Crippen molar-refractivity contribution in [2.75, 3.05) is 26.9 Å². The molecule has 2 N–H and O–H groups in total. The Hall–Kier alpha value is -2.31. The molecule has 1 heterocycles. The molecule has 6 nitrogen and oxygen atoms in total. The number of ether oxygens (including phenoxy) is 2. The molecule has 1 aromatic carbocycles. The van der Waals surface area contributed by atoms with Gasteiger partial charge in [-0.25, -0.2) is 9.98 Å². The summed E-state index contributed by atoms with van der Waals surface area (Å²) in [6.45, 7) is 7.05. The number of benzene rings is 1. The van der Waals surface area contributed by atoms with Gasteiger partial charge in [0.2, 0.25) is 0 Å². The lowest BCUT2D eigenvalue weighted by Crippen LogP contribution is -2.36. The highest BCUT2D eigenvalue weighted by molar-refractivity contribution is 6.29. The van der Waals surface area contributed by atoms with Crippen LogP contribution in [0.15, 0.2) is 41.5 Å². The van der Waals surface area contributed by atoms with Gasteiger partial charge in [-0.15, -0.1) is 0 Å². The third-order valence-electron chi connectivity index (χ3n) is 3.77. The average Bonchev–Trinajstić information content (AvgIpc) is 2.66. The first-order valence-corrected chi connectivity index (χ1v) is 9.34. The van der Waals surface area contributed by atoms with E-state index in [1.165, 1.54) is 0 Å². The van der Waals surface area contributed by atoms with Crippen LogP contribution in [-0.4, -0.2) is 37.8 Å². The van der Waals surface area contributed by atoms with E-state index in [2.05, 4.69) is 32.7 Å². The third kappa shape index (κ3) is 7.45. The van der Waals surface area contributed by atoms with E-state index in [1.54, 1.807) is 19.4 Å². The Morgan fingerprint density at radius 3 is 2.74 bits per heavy atom. The van der Waals surface area contributed by atoms with Crippen LogP contribution in [0.3, 0.4) is 0 Å². The second kappa shape index (κ2) is 11.4. The second-order valence-corrected chi connectivity index (χ2v) is 6.38. The molecule has 146 valence electrons. The first kappa shape index (κ1) is 21.0. The first-order valence-electron chi connectivity index (χ1n) is 8.96. The van der Waals surface area contributed by atoms with Gasteiger partial charge < -0.3 is 20.1 Å². The minimum Gasteiger partial charge on any atom is -0.491 e. The quantitative estimate of drug-likeness (QED) is 0.297. The number of nitrogens with zero attached hydrogens (tertiary/aromatic N) is 2. The molecule has 0 unspecified atom stereocenters. The minimum absolute atomic E-state index is 0.480. The summed E-state index contributed by atoms with van der Waals surface area (Å²) >= 11 is 5.82. The Labute approximate surface area is 166 Å². The number of rotatable bonds is 9. The first-order chi connectivity index (χ1) is 13.1. The fourth-order valence-corrected chi connectivity index (χ4v) is 2.48. The van der Waals surface area contributed by atoms with Crippen LogP contribution in [0.2, 0.25) is 5.15 Å². The summed E-state index contributed by atoms with van der Waals surface area (Å²) in [7, 11) is 1.66. The van der Waals surface area contributed by atoms with Crippen LogP contribution >= 0.6 is 11.6 Å². The van der Waals surface area contributed by atoms with Gasteiger partial charge in [0.25, 0.3) is 0 Å². The van der Waals surface area contributed by atoms with Crippen molar-refractivity contribution in [2.45, 2.75) is 26.9 Å². The summed E-state index contributed by atoms with van der Waals surface area (Å²) in [5.74, 6) is 1.59. The van der Waals surface area contributed by atoms with E-state index >= 15 is 0 Å². The molecule has 0 radical (unpaired) electrons. The van der Waals surface area contributed by atoms with Crippen LogP contribution < -0.4 is 15.4 Å². The summed E-state index contributed by atoms with van der Waals surface area (Å²) in [6, 6.07) is 9.86. The molecule has 2 aromatic rings. The summed E-state index contributed by atoms with van der Waals surface area (Å²) in [5.41, 5.74) is 3.22. The van der Waals surface area contributed by atoms with Crippen LogP contribution in [0.4, 0.5) is 0 Å². The molecule has 0 fully saturated rings. The van der Waals surface area contributed by atoms with Crippen LogP contribution in [0.25, 0.3) is 0 Å². The van der Waals surface area contributed by atoms with Crippen LogP contribution in [-0.2, 0) is 17.8 Å². The molecule has 0 bridgehead atoms. The number of aromatic nitrogens is 1. The van der Waals surface area contributed by atoms with Crippen molar-refractivity contribution in [1.82, 2.24) is 15.6 Å². The van der Waals surface area contributed by atoms with Crippen molar-refractivity contribution >= 4 is 17.6 Å². The number of pyridine rings is 1. The predicted octanol–water partition coefficient (Wildman–Crippen LogP) is 3.32. The Kier molecular flexibility index (Phi) is 8.87. The van der Waals surface area contributed by atoms with E-state index < -0.39 is 0 Å². The van der Waals surface area contributed by atoms with Gasteiger partial charge in [0.1, 0.15) is 17.5 Å². The molecule has 27 heavy (non-hydrogen) atoms. The van der Waals surface area contributed by atoms with Crippen LogP contribution in [0, 0.1) is 6.92 Å². The Balaban J connectivity index is 2.02. The second-order valence-electron chi connectivity index (χ2n) is 5.99. The van der Waals surface area contributed by atoms with Gasteiger partial charge in [-0.1, -0.05) is 29.8 Å². The summed E-state index contributed by atoms with van der Waals surface area (Å²) < 4.78 is 10.9. The molecule has 0 saturated heterocycles. The molecular weight excluding hydrogens is 364 g/mol. The fraction of sp³-hybridized carbons (Fsp3) is 0.400. The smallest absolute Gasteiger partial charge is 0.191 e. The number of methoxy groups -OCH3 is 1. The molecule has 0 aliphatic carbocycles. The topological polar surface area (TPSA) is 67.8 Å². The molecule has 0 spiro atoms. The number of aliphatic imine (C=N–C) groups is 1. The SMILES string of the molecule is CCNC(=NCc1ccc(Cl)nc1)NCc1ccc(C)cc1OCCOC. The molecule has 0 saturated carbocycles. The van der Waals surface area contributed by atoms with Crippen molar-refractivity contribution in [3.63, 3.8) is 0 Å². The molecule has 0 amide bonds. The molecule has 1 aromatic heterocycles. The van der Waals surface area contributed by atoms with Crippen molar-refractivity contribution in [3.8, 4) is 5.75 Å². The maximum absolute atomic E-state index is 5.85. The number of halogens is 1. The highest BCUT2D eigenvalue weighted by atomic mass is 35.5. The maximum Gasteiger partial charge on any atom is 0.191 e. The molecule has 0 aliphatic rings. The monoisotopic (exact) mass is 390 g/mol. The Bertz CT molecular complexity index is 735. The van der Waals surface area contributed by atoms with Crippen LogP contribution in [0.5, 0.6) is 5.75 Å². The lowest BCUT2D eigenvalue weighted by molar-refractivity contribution is 0.145. The molecule has 0 atom stereocenters. The predicted molar refractivity (Wildman–Crippen MR) is 109 cm³/mol. The van der Waals surface area contributed by atoms with Gasteiger partial charge in [-0.3, -0.25) is 0 Å². The van der Waals surface area contributed by atoms with Crippen LogP contribution in [0.1, 0.15) is 23.6 Å². The molecule has 7 heteroatoms. The number of aryl methyl sites for hydroxylation is 1. The zero-order chi connectivity index (χ0) is 19.5. The molecule has 2 rings (SSSR count). The van der Waals surface area contributed by atoms with Crippen molar-refractivity contribution in [1.29, 1.82) is 0 Å². The fourth-order valence-electron chi connectivity index (χ4n) is 2.37. The summed E-state index contributed by atoms with van der Waals surface area (Å²) in [6.07, 6.45) is 1.73. The van der Waals surface area contributed by atoms with E-state index in [0.717, 1.165) is 34.9 Å². The number of hydrogen-bond acceptors (Lipinski definition) is 4. The van der Waals surface area contributed by atoms with Gasteiger partial charge in [-0.2, -0.15) is 0 Å². The highest BCUT2D eigenvalue weighted by Crippen LogP contribution is 2.20. The van der Waals surface area contributed by atoms with Crippen molar-refractivity contribution in [2.24, 2.45) is 4.99 Å². The zero-order valence-electron chi connectivity index (χ0n) is 16.1. The number of guanidine groups is 1. The zero-order valence-corrected chi connectivity index (χ0v) is 16.8. The lowest BCUT2D eigenvalue weighted by Gasteiger charge is -2.15. The van der Waals surface area contributed by atoms with E-state index in [-0.39, 0.29) is 0 Å². The standard InChI is InChI=1S/C20H27ClN4O2/c1-4-22-20(24-13-16-6-8-19(21)23-12-16)25-14-17-7-5-15(2)11-18(17)27-10-9-26-3/h5-8,11-12H,4,9-10,13-14H2,1-3H3,(H2,22,24,25). The van der Waals surface area contributed by atoms with Gasteiger partial charge in [0, 0.05) is 32.0 Å². The van der Waals surface area contributed by atoms with E-state index in [9.17, 15) is 0 Å². The van der Waals surface area contributed by atoms with Crippen molar-refractivity contribution in [3.05, 3.63) is 58.4 Å². The highest BCUT2D eigenvalue weighted by Gasteiger charge is 2.06. The summed E-state index contributed by atoms with van der Waals surface area (Å²) in [4.78, 5) is 8.68. The van der Waals surface area contributed by atoms with Gasteiger partial charge in [0.15, 0.2) is 5.96 Å². The maximum atomic E-state index is 5.85. The Morgan fingerprint density at radius 1 is 1.19 bits per heavy atom. The minimum atomic E-state index is 0.480. The summed E-state index contributed by atoms with van der Waals surface area (Å²) in [5, 5.41) is 7.08. The number of hydrogen-bond donors (Lipinski definition) is 2. The molecular formula is C20H27ClN4O2.